The molecule has 3 nitrogen and oxygen atoms in total. The molecule has 1 fully saturated rings. The van der Waals surface area contributed by atoms with Crippen molar-refractivity contribution in [3.05, 3.63) is 0 Å². The maximum Gasteiger partial charge on any atom is 0.303 e. The minimum Gasteiger partial charge on any atom is -0.481 e. The lowest BCUT2D eigenvalue weighted by molar-refractivity contribution is -0.140. The Kier molecular flexibility index (Phi) is 0.624. The van der Waals surface area contributed by atoms with Gasteiger partial charge >= 0.3 is 5.97 Å². The number of carboxylic acids is 1. The van der Waals surface area contributed by atoms with Crippen molar-refractivity contribution in [1.29, 1.82) is 0 Å². The molecule has 1 rings (SSSR count). The fraction of sp³-hybridized carbons (Fsp3) is 0.889. The van der Waals surface area contributed by atoms with Crippen LogP contribution in [0.15, 0.2) is 0 Å². The van der Waals surface area contributed by atoms with Crippen molar-refractivity contribution in [3.63, 3.8) is 0 Å². The van der Waals surface area contributed by atoms with Crippen LogP contribution < -0.4 is 5.73 Å². The summed E-state index contributed by atoms with van der Waals surface area (Å²) in [7, 11) is 0. The lowest BCUT2D eigenvalue weighted by atomic mass is 9.72. The second kappa shape index (κ2) is 3.90. The average molecular weight is 185 g/mol. The van der Waals surface area contributed by atoms with Gasteiger partial charge in [-0.1, -0.05) is 19.1 Å². The molecule has 0 aromatic rings. The van der Waals surface area contributed by atoms with Gasteiger partial charge in [-0.25, -0.2) is 0 Å². The molecule has 70 valence electrons. The van der Waals surface area contributed by atoms with Crippen molar-refractivity contribution in [2.24, 2.45) is 11.1 Å². The molecule has 0 atom stereocenters. The molecule has 0 aromatic carbocycles. The highest BCUT2D eigenvalue weighted by Gasteiger charge is 2.32. The van der Waals surface area contributed by atoms with Crippen LogP contribution in [-0.4, -0.2) is 17.6 Å². The Bertz CT molecular complexity index is 590. The second-order valence-electron chi connectivity index (χ2n) is 1.95. The third kappa shape index (κ3) is 2.21. The number of aliphatic carboxylic acids is 1. The van der Waals surface area contributed by atoms with E-state index in [9.17, 15) is 9.90 Å². The number of hydrogen-bond acceptors (Lipinski definition) is 2. The maximum absolute atomic E-state index is 11.5. The summed E-state index contributed by atoms with van der Waals surface area (Å²) in [5.74, 6) is -2.62. The molecule has 0 amide bonds. The fourth-order valence-electron chi connectivity index (χ4n) is 0.644. The summed E-state index contributed by atoms with van der Waals surface area (Å²) in [6.07, 6.45) is -24.9. The van der Waals surface area contributed by atoms with E-state index < -0.39 is 56.1 Å². The second-order valence-corrected chi connectivity index (χ2v) is 1.95. The van der Waals surface area contributed by atoms with Crippen molar-refractivity contribution in [1.82, 2.24) is 0 Å². The van der Waals surface area contributed by atoms with Crippen molar-refractivity contribution < 1.29 is 29.1 Å². The molecule has 12 heavy (non-hydrogen) atoms. The average Bonchev–Trinajstić information content (AvgIpc) is 2.33. The van der Waals surface area contributed by atoms with Crippen LogP contribution in [0.5, 0.6) is 0 Å². The Hall–Kier alpha value is -0.570. The normalized spacial score (nSPS) is 62.8. The van der Waals surface area contributed by atoms with Crippen molar-refractivity contribution in [2.45, 2.75) is 38.2 Å². The molecule has 1 aliphatic carbocycles. The topological polar surface area (TPSA) is 63.3 Å². The SMILES string of the molecule is [2H]C([2H])(N)C1(C([2H])([2H])C(=O)O)C([2H])([2H])C([2H])([2H])C([2H])([2H])C([2H])([2H])C1([2H])[2H]. The van der Waals surface area contributed by atoms with Gasteiger partial charge in [0, 0.05) is 19.2 Å². The smallest absolute Gasteiger partial charge is 0.303 e. The predicted octanol–water partition coefficient (Wildman–Crippen LogP) is 1.37. The molecule has 0 unspecified atom stereocenters. The first-order chi connectivity index (χ1) is 10.9. The van der Waals surface area contributed by atoms with E-state index in [-0.39, 0.29) is 0 Å². The van der Waals surface area contributed by atoms with Gasteiger partial charge in [-0.05, 0) is 24.7 Å². The fourth-order valence-corrected chi connectivity index (χ4v) is 0.644. The van der Waals surface area contributed by atoms with Gasteiger partial charge in [0.05, 0.1) is 6.37 Å². The third-order valence-electron chi connectivity index (χ3n) is 1.14. The summed E-state index contributed by atoms with van der Waals surface area (Å²) in [5, 5.41) is 9.19. The van der Waals surface area contributed by atoms with Crippen molar-refractivity contribution >= 4 is 5.97 Å². The first-order valence-corrected chi connectivity index (χ1v) is 2.97. The number of carbonyl (C=O) groups is 1. The van der Waals surface area contributed by atoms with Gasteiger partial charge in [-0.2, -0.15) is 0 Å². The van der Waals surface area contributed by atoms with Crippen LogP contribution in [0.3, 0.4) is 0 Å². The number of hydrogen-bond donors (Lipinski definition) is 2. The van der Waals surface area contributed by atoms with E-state index in [0.29, 0.717) is 0 Å². The molecule has 1 aliphatic rings. The van der Waals surface area contributed by atoms with Crippen LogP contribution in [0, 0.1) is 5.41 Å². The van der Waals surface area contributed by atoms with E-state index in [2.05, 4.69) is 0 Å². The van der Waals surface area contributed by atoms with Gasteiger partial charge in [0.2, 0.25) is 0 Å². The van der Waals surface area contributed by atoms with Gasteiger partial charge < -0.3 is 10.8 Å². The van der Waals surface area contributed by atoms with Crippen LogP contribution in [0.2, 0.25) is 0 Å². The summed E-state index contributed by atoms with van der Waals surface area (Å²) in [6, 6.07) is 0. The molecular weight excluding hydrogens is 154 g/mol. The van der Waals surface area contributed by atoms with E-state index >= 15 is 0 Å². The summed E-state index contributed by atoms with van der Waals surface area (Å²) in [4.78, 5) is 11.5. The molecule has 1 saturated carbocycles. The maximum atomic E-state index is 11.5. The molecule has 0 radical (unpaired) electrons. The largest absolute Gasteiger partial charge is 0.481 e. The molecule has 3 N–H and O–H groups in total. The Balaban J connectivity index is 4.35. The minimum absolute atomic E-state index is 2.62. The van der Waals surface area contributed by atoms with E-state index in [0.717, 1.165) is 0 Å². The monoisotopic (exact) mass is 185 g/mol. The van der Waals surface area contributed by atoms with Gasteiger partial charge in [-0.15, -0.1) is 0 Å². The van der Waals surface area contributed by atoms with Crippen LogP contribution in [-0.2, 0) is 4.79 Å². The van der Waals surface area contributed by atoms with Gasteiger partial charge in [0.15, 0.2) is 0 Å². The molecule has 0 aliphatic heterocycles. The highest BCUT2D eigenvalue weighted by atomic mass is 16.4. The summed E-state index contributed by atoms with van der Waals surface area (Å²) >= 11 is 0. The molecular formula is C9H17NO2. The Labute approximate surface area is 92.6 Å². The number of carboxylic acid groups (broad SMARTS) is 1. The Morgan fingerprint density at radius 2 is 2.17 bits per heavy atom. The predicted molar refractivity (Wildman–Crippen MR) is 46.8 cm³/mol. The number of rotatable bonds is 3. The van der Waals surface area contributed by atoms with Gasteiger partial charge in [0.1, 0.15) is 0 Å². The van der Waals surface area contributed by atoms with E-state index in [1.54, 1.807) is 0 Å². The Morgan fingerprint density at radius 1 is 1.58 bits per heavy atom. The quantitative estimate of drug-likeness (QED) is 0.698. The zero-order valence-corrected chi connectivity index (χ0v) is 5.93. The highest BCUT2D eigenvalue weighted by molar-refractivity contribution is 5.67. The van der Waals surface area contributed by atoms with Gasteiger partial charge in [0.25, 0.3) is 0 Å². The molecule has 0 heterocycles. The molecule has 0 saturated heterocycles. The van der Waals surface area contributed by atoms with Crippen molar-refractivity contribution in [3.8, 4) is 0 Å². The van der Waals surface area contributed by atoms with Crippen LogP contribution >= 0.6 is 0 Å². The van der Waals surface area contributed by atoms with E-state index in [4.69, 9.17) is 24.9 Å². The van der Waals surface area contributed by atoms with E-state index in [1.165, 1.54) is 0 Å². The van der Waals surface area contributed by atoms with Crippen LogP contribution in [0.25, 0.3) is 0 Å². The van der Waals surface area contributed by atoms with Crippen LogP contribution in [0.4, 0.5) is 0 Å². The first-order valence-electron chi connectivity index (χ1n) is 9.97. The van der Waals surface area contributed by atoms with Crippen LogP contribution in [0.1, 0.15) is 57.4 Å². The van der Waals surface area contributed by atoms with Gasteiger partial charge in [-0.3, -0.25) is 4.79 Å². The lowest BCUT2D eigenvalue weighted by Gasteiger charge is -2.34. The summed E-state index contributed by atoms with van der Waals surface area (Å²) in [5.41, 5.74) is 0.816. The molecule has 0 aromatic heterocycles. The summed E-state index contributed by atoms with van der Waals surface area (Å²) in [6.45, 7) is -3.97. The number of nitrogens with two attached hydrogens (primary N) is 1. The highest BCUT2D eigenvalue weighted by Crippen LogP contribution is 2.38. The first kappa shape index (κ1) is 1.92. The van der Waals surface area contributed by atoms with Crippen molar-refractivity contribution in [2.75, 3.05) is 6.50 Å². The Morgan fingerprint density at radius 3 is 2.58 bits per heavy atom. The zero-order valence-electron chi connectivity index (χ0n) is 19.9. The molecule has 0 spiro atoms. The van der Waals surface area contributed by atoms with E-state index in [1.807, 2.05) is 0 Å². The zero-order chi connectivity index (χ0) is 21.6. The minimum atomic E-state index is -4.33. The molecule has 0 bridgehead atoms. The third-order valence-corrected chi connectivity index (χ3v) is 1.14. The lowest BCUT2D eigenvalue weighted by Crippen LogP contribution is -2.34. The molecule has 3 heteroatoms. The summed E-state index contributed by atoms with van der Waals surface area (Å²) < 4.78 is 109. The standard InChI is InChI=1S/C9H17NO2/c10-7-9(6-8(11)12)4-2-1-3-5-9/h1-7,10H2,(H,11,12)/i1D2,2D2,3D2,4D2,5D2,6D2,7D2.